The molecule has 1 N–H and O–H groups in total. The first-order valence-electron chi connectivity index (χ1n) is 3.25. The van der Waals surface area contributed by atoms with Crippen molar-refractivity contribution in [2.24, 2.45) is 0 Å². The first kappa shape index (κ1) is 7.77. The topological polar surface area (TPSA) is 33.4 Å². The van der Waals surface area contributed by atoms with Crippen LogP contribution in [-0.2, 0) is 0 Å². The summed E-state index contributed by atoms with van der Waals surface area (Å²) in [5.74, 6) is -0.158. The van der Waals surface area contributed by atoms with E-state index in [2.05, 4.69) is 0 Å². The van der Waals surface area contributed by atoms with Crippen molar-refractivity contribution in [2.75, 3.05) is 0 Å². The van der Waals surface area contributed by atoms with E-state index < -0.39 is 0 Å². The van der Waals surface area contributed by atoms with Crippen molar-refractivity contribution < 1.29 is 9.52 Å². The predicted molar refractivity (Wildman–Crippen MR) is 47.9 cm³/mol. The number of halogens is 2. The Balaban J connectivity index is 2.89. The molecule has 0 aliphatic rings. The lowest BCUT2D eigenvalue weighted by Gasteiger charge is -1.93. The molecule has 1 aromatic heterocycles. The monoisotopic (exact) mass is 202 g/mol. The molecule has 0 amide bonds. The van der Waals surface area contributed by atoms with Gasteiger partial charge in [-0.3, -0.25) is 0 Å². The third kappa shape index (κ3) is 1.04. The van der Waals surface area contributed by atoms with Crippen LogP contribution in [0.25, 0.3) is 11.0 Å². The molecule has 0 unspecified atom stereocenters. The molecule has 2 rings (SSSR count). The number of fused-ring (bicyclic) bond motifs is 1. The Hall–Kier alpha value is -0.860. The van der Waals surface area contributed by atoms with Crippen LogP contribution in [0.1, 0.15) is 0 Å². The molecular formula is C8H4Cl2O2. The summed E-state index contributed by atoms with van der Waals surface area (Å²) in [5, 5.41) is 10.5. The Morgan fingerprint density at radius 2 is 2.00 bits per heavy atom. The molecule has 1 aromatic carbocycles. The highest BCUT2D eigenvalue weighted by Gasteiger charge is 2.08. The van der Waals surface area contributed by atoms with Crippen molar-refractivity contribution in [1.82, 2.24) is 0 Å². The van der Waals surface area contributed by atoms with Crippen molar-refractivity contribution in [1.29, 1.82) is 0 Å². The van der Waals surface area contributed by atoms with Crippen LogP contribution < -0.4 is 0 Å². The molecule has 12 heavy (non-hydrogen) atoms. The number of aromatic hydroxyl groups is 1. The molecule has 0 radical (unpaired) electrons. The highest BCUT2D eigenvalue weighted by molar-refractivity contribution is 6.45. The van der Waals surface area contributed by atoms with E-state index in [1.165, 1.54) is 6.07 Å². The predicted octanol–water partition coefficient (Wildman–Crippen LogP) is 3.45. The van der Waals surface area contributed by atoms with Gasteiger partial charge in [0.25, 0.3) is 5.95 Å². The molecule has 0 saturated heterocycles. The van der Waals surface area contributed by atoms with Gasteiger partial charge in [-0.15, -0.1) is 0 Å². The third-order valence-corrected chi connectivity index (χ3v) is 2.39. The molecule has 0 aliphatic carbocycles. The Kier molecular flexibility index (Phi) is 1.67. The molecule has 0 bridgehead atoms. The van der Waals surface area contributed by atoms with Gasteiger partial charge >= 0.3 is 0 Å². The summed E-state index contributed by atoms with van der Waals surface area (Å²) >= 11 is 11.6. The van der Waals surface area contributed by atoms with E-state index in [4.69, 9.17) is 32.7 Å². The van der Waals surface area contributed by atoms with Gasteiger partial charge in [0.2, 0.25) is 0 Å². The summed E-state index contributed by atoms with van der Waals surface area (Å²) in [6.45, 7) is 0. The SMILES string of the molecule is Oc1cc2c(Cl)c(Cl)ccc2o1. The second kappa shape index (κ2) is 2.57. The zero-order valence-corrected chi connectivity index (χ0v) is 7.36. The van der Waals surface area contributed by atoms with Crippen molar-refractivity contribution in [3.63, 3.8) is 0 Å². The first-order chi connectivity index (χ1) is 5.68. The fourth-order valence-corrected chi connectivity index (χ4v) is 1.41. The normalized spacial score (nSPS) is 10.8. The summed E-state index contributed by atoms with van der Waals surface area (Å²) in [4.78, 5) is 0. The fourth-order valence-electron chi connectivity index (χ4n) is 1.04. The number of benzene rings is 1. The second-order valence-corrected chi connectivity index (χ2v) is 3.14. The molecule has 0 aliphatic heterocycles. The Morgan fingerprint density at radius 3 is 2.75 bits per heavy atom. The maximum atomic E-state index is 9.00. The maximum Gasteiger partial charge on any atom is 0.282 e. The maximum absolute atomic E-state index is 9.00. The molecular weight excluding hydrogens is 199 g/mol. The molecule has 2 nitrogen and oxygen atoms in total. The zero-order valence-electron chi connectivity index (χ0n) is 5.84. The fraction of sp³-hybridized carbons (Fsp3) is 0. The summed E-state index contributed by atoms with van der Waals surface area (Å²) in [6.07, 6.45) is 0. The average molecular weight is 203 g/mol. The standard InChI is InChI=1S/C8H4Cl2O2/c9-5-1-2-6-4(8(5)10)3-7(11)12-6/h1-3,11H. The number of hydrogen-bond acceptors (Lipinski definition) is 2. The second-order valence-electron chi connectivity index (χ2n) is 2.36. The number of rotatable bonds is 0. The average Bonchev–Trinajstić information content (AvgIpc) is 2.39. The van der Waals surface area contributed by atoms with E-state index in [1.807, 2.05) is 0 Å². The molecule has 4 heteroatoms. The van der Waals surface area contributed by atoms with Crippen LogP contribution in [0.5, 0.6) is 5.95 Å². The molecule has 0 fully saturated rings. The number of hydrogen-bond donors (Lipinski definition) is 1. The van der Waals surface area contributed by atoms with Gasteiger partial charge in [-0.05, 0) is 12.1 Å². The number of furan rings is 1. The van der Waals surface area contributed by atoms with E-state index >= 15 is 0 Å². The minimum Gasteiger partial charge on any atom is -0.481 e. The molecule has 0 atom stereocenters. The Bertz CT molecular complexity index is 434. The molecule has 0 saturated carbocycles. The summed E-state index contributed by atoms with van der Waals surface area (Å²) in [6, 6.07) is 4.71. The van der Waals surface area contributed by atoms with E-state index in [-0.39, 0.29) is 5.95 Å². The van der Waals surface area contributed by atoms with Crippen LogP contribution in [0.4, 0.5) is 0 Å². The van der Waals surface area contributed by atoms with Crippen LogP contribution >= 0.6 is 23.2 Å². The van der Waals surface area contributed by atoms with Crippen LogP contribution in [0.2, 0.25) is 10.0 Å². The molecule has 0 spiro atoms. The largest absolute Gasteiger partial charge is 0.481 e. The van der Waals surface area contributed by atoms with Crippen molar-refractivity contribution in [3.8, 4) is 5.95 Å². The summed E-state index contributed by atoms with van der Waals surface area (Å²) in [5.41, 5.74) is 0.530. The quantitative estimate of drug-likeness (QED) is 0.711. The Labute approximate surface area is 78.3 Å². The lowest BCUT2D eigenvalue weighted by atomic mass is 10.2. The van der Waals surface area contributed by atoms with Gasteiger partial charge in [0, 0.05) is 11.5 Å². The van der Waals surface area contributed by atoms with Crippen LogP contribution in [0, 0.1) is 0 Å². The summed E-state index contributed by atoms with van der Waals surface area (Å²) < 4.78 is 4.92. The smallest absolute Gasteiger partial charge is 0.282 e. The van der Waals surface area contributed by atoms with Crippen molar-refractivity contribution >= 4 is 34.2 Å². The van der Waals surface area contributed by atoms with Gasteiger partial charge in [-0.1, -0.05) is 23.2 Å². The molecule has 1 heterocycles. The van der Waals surface area contributed by atoms with Crippen molar-refractivity contribution in [3.05, 3.63) is 28.2 Å². The molecule has 2 aromatic rings. The van der Waals surface area contributed by atoms with E-state index in [9.17, 15) is 0 Å². The lowest BCUT2D eigenvalue weighted by Crippen LogP contribution is -1.68. The summed E-state index contributed by atoms with van der Waals surface area (Å²) in [7, 11) is 0. The van der Waals surface area contributed by atoms with Gasteiger partial charge in [0.05, 0.1) is 10.0 Å². The first-order valence-corrected chi connectivity index (χ1v) is 4.00. The lowest BCUT2D eigenvalue weighted by molar-refractivity contribution is 0.346. The van der Waals surface area contributed by atoms with Crippen LogP contribution in [0.15, 0.2) is 22.6 Å². The highest BCUT2D eigenvalue weighted by Crippen LogP contribution is 2.34. The van der Waals surface area contributed by atoms with E-state index in [1.54, 1.807) is 12.1 Å². The molecule has 62 valence electrons. The van der Waals surface area contributed by atoms with Crippen LogP contribution in [-0.4, -0.2) is 5.11 Å². The van der Waals surface area contributed by atoms with Gasteiger partial charge in [0.1, 0.15) is 5.58 Å². The minimum atomic E-state index is -0.158. The van der Waals surface area contributed by atoms with Crippen molar-refractivity contribution in [2.45, 2.75) is 0 Å². The van der Waals surface area contributed by atoms with E-state index in [0.717, 1.165) is 0 Å². The van der Waals surface area contributed by atoms with Gasteiger partial charge < -0.3 is 9.52 Å². The highest BCUT2D eigenvalue weighted by atomic mass is 35.5. The zero-order chi connectivity index (χ0) is 8.72. The third-order valence-electron chi connectivity index (χ3n) is 1.57. The van der Waals surface area contributed by atoms with Gasteiger partial charge in [0.15, 0.2) is 0 Å². The minimum absolute atomic E-state index is 0.158. The Morgan fingerprint density at radius 1 is 1.25 bits per heavy atom. The van der Waals surface area contributed by atoms with Crippen LogP contribution in [0.3, 0.4) is 0 Å². The van der Waals surface area contributed by atoms with Gasteiger partial charge in [-0.2, -0.15) is 0 Å². The van der Waals surface area contributed by atoms with Gasteiger partial charge in [-0.25, -0.2) is 0 Å². The van der Waals surface area contributed by atoms with E-state index in [0.29, 0.717) is 21.0 Å².